The summed E-state index contributed by atoms with van der Waals surface area (Å²) in [5.41, 5.74) is 3.12. The molecule has 1 aromatic carbocycles. The topological polar surface area (TPSA) is 56.3 Å². The molecule has 0 amide bonds. The predicted molar refractivity (Wildman–Crippen MR) is 82.5 cm³/mol. The van der Waals surface area contributed by atoms with Gasteiger partial charge in [0.2, 0.25) is 0 Å². The van der Waals surface area contributed by atoms with Gasteiger partial charge in [0.15, 0.2) is 0 Å². The summed E-state index contributed by atoms with van der Waals surface area (Å²) >= 11 is 5.82. The fraction of sp³-hybridized carbons (Fsp3) is 0.267. The maximum Gasteiger partial charge on any atom is 0.340 e. The first-order valence-corrected chi connectivity index (χ1v) is 8.14. The molecule has 4 nitrogen and oxygen atoms in total. The number of pyridine rings is 1. The van der Waals surface area contributed by atoms with Crippen LogP contribution in [-0.4, -0.2) is 13.4 Å². The van der Waals surface area contributed by atoms with Crippen LogP contribution in [0.15, 0.2) is 29.3 Å². The Morgan fingerprint density at radius 2 is 1.67 bits per heavy atom. The number of aryl methyl sites for hydroxylation is 3. The van der Waals surface area contributed by atoms with Gasteiger partial charge in [0.1, 0.15) is 15.8 Å². The van der Waals surface area contributed by atoms with Crippen LogP contribution >= 0.6 is 11.6 Å². The highest BCUT2D eigenvalue weighted by molar-refractivity contribution is 7.87. The Balaban J connectivity index is 2.47. The van der Waals surface area contributed by atoms with E-state index in [-0.39, 0.29) is 10.0 Å². The van der Waals surface area contributed by atoms with Crippen LogP contribution in [0, 0.1) is 27.7 Å². The molecular weight excluding hydrogens is 310 g/mol. The highest BCUT2D eigenvalue weighted by Gasteiger charge is 2.21. The second kappa shape index (κ2) is 5.66. The summed E-state index contributed by atoms with van der Waals surface area (Å²) in [4.78, 5) is 3.85. The van der Waals surface area contributed by atoms with E-state index in [0.717, 1.165) is 16.7 Å². The van der Waals surface area contributed by atoms with Gasteiger partial charge in [-0.05, 0) is 56.0 Å². The Hall–Kier alpha value is -1.59. The quantitative estimate of drug-likeness (QED) is 0.637. The minimum absolute atomic E-state index is 0.00953. The van der Waals surface area contributed by atoms with Crippen LogP contribution in [0.2, 0.25) is 5.15 Å². The van der Waals surface area contributed by atoms with Crippen molar-refractivity contribution >= 4 is 21.7 Å². The molecule has 0 atom stereocenters. The van der Waals surface area contributed by atoms with E-state index in [9.17, 15) is 8.42 Å². The smallest absolute Gasteiger partial charge is 0.340 e. The molecule has 6 heteroatoms. The van der Waals surface area contributed by atoms with E-state index in [1.54, 1.807) is 6.92 Å². The number of halogens is 1. The van der Waals surface area contributed by atoms with Gasteiger partial charge >= 0.3 is 10.1 Å². The van der Waals surface area contributed by atoms with E-state index in [0.29, 0.717) is 11.3 Å². The summed E-state index contributed by atoms with van der Waals surface area (Å²) in [5.74, 6) is 0.364. The Kier molecular flexibility index (Phi) is 4.25. The van der Waals surface area contributed by atoms with Gasteiger partial charge in [-0.25, -0.2) is 4.98 Å². The van der Waals surface area contributed by atoms with Gasteiger partial charge in [-0.2, -0.15) is 8.42 Å². The Morgan fingerprint density at radius 1 is 1.05 bits per heavy atom. The molecule has 2 rings (SSSR count). The monoisotopic (exact) mass is 325 g/mol. The molecule has 112 valence electrons. The minimum Gasteiger partial charge on any atom is -0.378 e. The number of benzene rings is 1. The molecule has 0 unspecified atom stereocenters. The predicted octanol–water partition coefficient (Wildman–Crippen LogP) is 3.74. The average molecular weight is 326 g/mol. The number of hydrogen-bond acceptors (Lipinski definition) is 4. The average Bonchev–Trinajstić information content (AvgIpc) is 2.42. The van der Waals surface area contributed by atoms with Crippen LogP contribution in [0.5, 0.6) is 5.75 Å². The lowest BCUT2D eigenvalue weighted by Crippen LogP contribution is -2.12. The zero-order valence-corrected chi connectivity index (χ0v) is 13.8. The van der Waals surface area contributed by atoms with E-state index in [1.165, 1.54) is 12.3 Å². The van der Waals surface area contributed by atoms with Crippen LogP contribution in [0.1, 0.15) is 22.3 Å². The molecule has 0 N–H and O–H groups in total. The molecule has 0 spiro atoms. The van der Waals surface area contributed by atoms with Gasteiger partial charge in [0.05, 0.1) is 6.20 Å². The zero-order chi connectivity index (χ0) is 15.8. The van der Waals surface area contributed by atoms with E-state index >= 15 is 0 Å². The third kappa shape index (κ3) is 3.19. The summed E-state index contributed by atoms with van der Waals surface area (Å²) < 4.78 is 30.1. The molecule has 21 heavy (non-hydrogen) atoms. The number of aromatic nitrogens is 1. The highest BCUT2D eigenvalue weighted by atomic mass is 35.5. The molecule has 2 aromatic rings. The summed E-state index contributed by atoms with van der Waals surface area (Å²) in [5, 5.41) is 0.275. The Bertz CT molecular complexity index is 801. The van der Waals surface area contributed by atoms with Crippen molar-refractivity contribution in [2.75, 3.05) is 0 Å². The van der Waals surface area contributed by atoms with Gasteiger partial charge in [-0.3, -0.25) is 0 Å². The summed E-state index contributed by atoms with van der Waals surface area (Å²) in [7, 11) is -3.94. The lowest BCUT2D eigenvalue weighted by atomic mass is 10.1. The van der Waals surface area contributed by atoms with Crippen LogP contribution < -0.4 is 4.18 Å². The molecule has 0 saturated heterocycles. The lowest BCUT2D eigenvalue weighted by molar-refractivity contribution is 0.481. The maximum absolute atomic E-state index is 12.4. The fourth-order valence-corrected chi connectivity index (χ4v) is 3.06. The molecule has 0 radical (unpaired) electrons. The third-order valence-corrected chi connectivity index (χ3v) is 4.93. The number of nitrogens with zero attached hydrogens (tertiary/aromatic N) is 1. The van der Waals surface area contributed by atoms with Crippen molar-refractivity contribution in [3.8, 4) is 5.75 Å². The van der Waals surface area contributed by atoms with Crippen molar-refractivity contribution < 1.29 is 12.6 Å². The normalized spacial score (nSPS) is 11.5. The van der Waals surface area contributed by atoms with Crippen LogP contribution in [0.25, 0.3) is 0 Å². The van der Waals surface area contributed by atoms with Gasteiger partial charge in [0, 0.05) is 0 Å². The summed E-state index contributed by atoms with van der Waals surface area (Å²) in [6.07, 6.45) is 1.20. The SMILES string of the molecule is Cc1cc(S(=O)(=O)Oc2c(C)ccc(C)c2C)cnc1Cl. The van der Waals surface area contributed by atoms with Gasteiger partial charge in [-0.1, -0.05) is 23.7 Å². The van der Waals surface area contributed by atoms with Crippen LogP contribution in [-0.2, 0) is 10.1 Å². The van der Waals surface area contributed by atoms with Gasteiger partial charge in [0.25, 0.3) is 0 Å². The lowest BCUT2D eigenvalue weighted by Gasteiger charge is -2.14. The Labute approximate surface area is 129 Å². The molecule has 0 aliphatic heterocycles. The second-order valence-corrected chi connectivity index (χ2v) is 6.87. The van der Waals surface area contributed by atoms with Gasteiger partial charge < -0.3 is 4.18 Å². The first kappa shape index (κ1) is 15.8. The molecule has 0 bridgehead atoms. The number of hydrogen-bond donors (Lipinski definition) is 0. The van der Waals surface area contributed by atoms with Gasteiger partial charge in [-0.15, -0.1) is 0 Å². The second-order valence-electron chi connectivity index (χ2n) is 4.97. The molecule has 1 heterocycles. The summed E-state index contributed by atoms with van der Waals surface area (Å²) in [6.45, 7) is 7.24. The zero-order valence-electron chi connectivity index (χ0n) is 12.3. The summed E-state index contributed by atoms with van der Waals surface area (Å²) in [6, 6.07) is 5.21. The molecule has 1 aromatic heterocycles. The van der Waals surface area contributed by atoms with Crippen molar-refractivity contribution in [2.45, 2.75) is 32.6 Å². The van der Waals surface area contributed by atoms with E-state index in [1.807, 2.05) is 32.9 Å². The van der Waals surface area contributed by atoms with Crippen LogP contribution in [0.4, 0.5) is 0 Å². The Morgan fingerprint density at radius 3 is 2.29 bits per heavy atom. The standard InChI is InChI=1S/C15H16ClNO3S/c1-9-5-6-10(2)14(12(9)4)20-21(18,19)13-7-11(3)15(16)17-8-13/h5-8H,1-4H3. The van der Waals surface area contributed by atoms with E-state index < -0.39 is 10.1 Å². The van der Waals surface area contributed by atoms with Crippen molar-refractivity contribution in [2.24, 2.45) is 0 Å². The van der Waals surface area contributed by atoms with E-state index in [2.05, 4.69) is 4.98 Å². The van der Waals surface area contributed by atoms with Crippen molar-refractivity contribution in [1.82, 2.24) is 4.98 Å². The minimum atomic E-state index is -3.94. The largest absolute Gasteiger partial charge is 0.378 e. The first-order chi connectivity index (χ1) is 9.72. The first-order valence-electron chi connectivity index (χ1n) is 6.36. The molecule has 0 aliphatic rings. The molecular formula is C15H16ClNO3S. The highest BCUT2D eigenvalue weighted by Crippen LogP contribution is 2.29. The van der Waals surface area contributed by atoms with Crippen molar-refractivity contribution in [3.05, 3.63) is 51.8 Å². The number of rotatable bonds is 3. The molecule has 0 aliphatic carbocycles. The van der Waals surface area contributed by atoms with Crippen molar-refractivity contribution in [1.29, 1.82) is 0 Å². The molecule has 0 fully saturated rings. The molecule has 0 saturated carbocycles. The fourth-order valence-electron chi connectivity index (χ4n) is 1.88. The van der Waals surface area contributed by atoms with E-state index in [4.69, 9.17) is 15.8 Å². The maximum atomic E-state index is 12.4. The third-order valence-electron chi connectivity index (χ3n) is 3.34. The van der Waals surface area contributed by atoms with Crippen LogP contribution in [0.3, 0.4) is 0 Å². The van der Waals surface area contributed by atoms with Crippen molar-refractivity contribution in [3.63, 3.8) is 0 Å².